The van der Waals surface area contributed by atoms with Crippen molar-refractivity contribution in [1.82, 2.24) is 0 Å². The van der Waals surface area contributed by atoms with Crippen molar-refractivity contribution in [2.75, 3.05) is 39.7 Å². The molecule has 1 aliphatic rings. The van der Waals surface area contributed by atoms with Gasteiger partial charge in [0, 0.05) is 12.0 Å². The molecule has 1 heterocycles. The Morgan fingerprint density at radius 1 is 1.00 bits per heavy atom. The Morgan fingerprint density at radius 3 is 2.33 bits per heavy atom. The molecule has 0 radical (unpaired) electrons. The zero-order valence-corrected chi connectivity index (χ0v) is 16.3. The van der Waals surface area contributed by atoms with Gasteiger partial charge < -0.3 is 24.4 Å². The second-order valence-corrected chi connectivity index (χ2v) is 6.83. The Labute approximate surface area is 160 Å². The van der Waals surface area contributed by atoms with E-state index < -0.39 is 0 Å². The number of hydrogen-bond acceptors (Lipinski definition) is 4. The van der Waals surface area contributed by atoms with E-state index in [4.69, 9.17) is 14.2 Å². The van der Waals surface area contributed by atoms with E-state index in [1.807, 2.05) is 37.3 Å². The van der Waals surface area contributed by atoms with Crippen molar-refractivity contribution in [3.05, 3.63) is 47.0 Å². The van der Waals surface area contributed by atoms with Gasteiger partial charge in [0.25, 0.3) is 5.91 Å². The van der Waals surface area contributed by atoms with Crippen LogP contribution in [0.1, 0.15) is 16.7 Å². The van der Waals surface area contributed by atoms with Gasteiger partial charge in [0.1, 0.15) is 12.3 Å². The molecule has 0 aliphatic carbocycles. The smallest absolute Gasteiger partial charge is 0.279 e. The van der Waals surface area contributed by atoms with Gasteiger partial charge in [-0.3, -0.25) is 4.79 Å². The van der Waals surface area contributed by atoms with E-state index in [9.17, 15) is 4.79 Å². The molecule has 1 amide bonds. The third-order valence-electron chi connectivity index (χ3n) is 4.93. The van der Waals surface area contributed by atoms with Crippen LogP contribution in [0.4, 0.5) is 5.69 Å². The van der Waals surface area contributed by atoms with Crippen molar-refractivity contribution < 1.29 is 23.9 Å². The molecular weight excluding hydrogens is 344 g/mol. The Hall–Kier alpha value is -2.73. The number of carbonyl (C=O) groups is 1. The first kappa shape index (κ1) is 19.0. The number of methoxy groups -OCH3 is 3. The van der Waals surface area contributed by atoms with Crippen LogP contribution in [-0.2, 0) is 17.8 Å². The molecule has 0 fully saturated rings. The third kappa shape index (κ3) is 4.34. The molecule has 2 aromatic carbocycles. The summed E-state index contributed by atoms with van der Waals surface area (Å²) < 4.78 is 16.1. The molecule has 1 aliphatic heterocycles. The lowest BCUT2D eigenvalue weighted by Crippen LogP contribution is -3.12. The minimum absolute atomic E-state index is 0.0159. The van der Waals surface area contributed by atoms with Crippen LogP contribution in [0.2, 0.25) is 0 Å². The average Bonchev–Trinajstić information content (AvgIpc) is 2.66. The predicted molar refractivity (Wildman–Crippen MR) is 104 cm³/mol. The maximum atomic E-state index is 12.6. The van der Waals surface area contributed by atoms with Gasteiger partial charge in [-0.15, -0.1) is 0 Å². The molecule has 1 unspecified atom stereocenters. The Balaban J connectivity index is 1.68. The quantitative estimate of drug-likeness (QED) is 0.810. The lowest BCUT2D eigenvalue weighted by Gasteiger charge is -2.26. The van der Waals surface area contributed by atoms with Crippen LogP contribution < -0.4 is 24.4 Å². The largest absolute Gasteiger partial charge is 0.495 e. The van der Waals surface area contributed by atoms with E-state index in [1.165, 1.54) is 16.0 Å². The standard InChI is InChI=1S/C21H26N2O4/c1-14-5-6-18(25-2)17(9-14)22-21(24)13-23-8-7-15-10-19(26-3)20(27-4)11-16(15)12-23/h5-6,9-11H,7-8,12-13H2,1-4H3,(H,22,24)/p+1. The number of benzene rings is 2. The highest BCUT2D eigenvalue weighted by molar-refractivity contribution is 5.93. The summed E-state index contributed by atoms with van der Waals surface area (Å²) in [4.78, 5) is 13.8. The highest BCUT2D eigenvalue weighted by atomic mass is 16.5. The predicted octanol–water partition coefficient (Wildman–Crippen LogP) is 1.60. The van der Waals surface area contributed by atoms with Crippen molar-refractivity contribution in [1.29, 1.82) is 0 Å². The maximum Gasteiger partial charge on any atom is 0.279 e. The molecule has 144 valence electrons. The Bertz CT molecular complexity index is 835. The number of amides is 1. The van der Waals surface area contributed by atoms with E-state index in [2.05, 4.69) is 5.32 Å². The van der Waals surface area contributed by atoms with Crippen LogP contribution in [0.25, 0.3) is 0 Å². The second-order valence-electron chi connectivity index (χ2n) is 6.83. The monoisotopic (exact) mass is 371 g/mol. The van der Waals surface area contributed by atoms with E-state index in [0.29, 0.717) is 18.0 Å². The van der Waals surface area contributed by atoms with Gasteiger partial charge in [-0.05, 0) is 42.3 Å². The second kappa shape index (κ2) is 8.31. The van der Waals surface area contributed by atoms with Gasteiger partial charge in [-0.2, -0.15) is 0 Å². The molecule has 3 rings (SSSR count). The molecule has 27 heavy (non-hydrogen) atoms. The summed E-state index contributed by atoms with van der Waals surface area (Å²) in [5.74, 6) is 2.14. The van der Waals surface area contributed by atoms with Crippen LogP contribution in [0, 0.1) is 6.92 Å². The minimum Gasteiger partial charge on any atom is -0.495 e. The van der Waals surface area contributed by atoms with E-state index in [0.717, 1.165) is 36.6 Å². The first-order valence-electron chi connectivity index (χ1n) is 9.06. The molecule has 1 atom stereocenters. The van der Waals surface area contributed by atoms with Gasteiger partial charge in [0.05, 0.1) is 33.6 Å². The van der Waals surface area contributed by atoms with Crippen molar-refractivity contribution in [2.45, 2.75) is 19.9 Å². The molecule has 0 aromatic heterocycles. The number of ether oxygens (including phenoxy) is 3. The Kier molecular flexibility index (Phi) is 5.86. The van der Waals surface area contributed by atoms with Gasteiger partial charge in [0.2, 0.25) is 0 Å². The number of aryl methyl sites for hydroxylation is 1. The fourth-order valence-corrected chi connectivity index (χ4v) is 3.52. The van der Waals surface area contributed by atoms with Crippen LogP contribution >= 0.6 is 0 Å². The number of carbonyl (C=O) groups excluding carboxylic acids is 1. The Morgan fingerprint density at radius 2 is 1.67 bits per heavy atom. The van der Waals surface area contributed by atoms with Crippen LogP contribution in [0.15, 0.2) is 30.3 Å². The normalized spacial score (nSPS) is 15.6. The highest BCUT2D eigenvalue weighted by Gasteiger charge is 2.24. The number of quaternary nitrogens is 1. The SMILES string of the molecule is COc1ccc(C)cc1NC(=O)C[NH+]1CCc2cc(OC)c(OC)cc2C1. The van der Waals surface area contributed by atoms with Crippen molar-refractivity contribution in [2.24, 2.45) is 0 Å². The summed E-state index contributed by atoms with van der Waals surface area (Å²) in [6.45, 7) is 4.09. The first-order valence-corrected chi connectivity index (χ1v) is 9.06. The number of hydrogen-bond donors (Lipinski definition) is 2. The van der Waals surface area contributed by atoms with Crippen molar-refractivity contribution in [3.8, 4) is 17.2 Å². The number of nitrogens with one attached hydrogen (secondary N) is 2. The summed E-state index contributed by atoms with van der Waals surface area (Å²) >= 11 is 0. The van der Waals surface area contributed by atoms with Crippen molar-refractivity contribution >= 4 is 11.6 Å². The molecule has 2 N–H and O–H groups in total. The maximum absolute atomic E-state index is 12.6. The highest BCUT2D eigenvalue weighted by Crippen LogP contribution is 2.31. The first-order chi connectivity index (χ1) is 13.0. The number of anilines is 1. The van der Waals surface area contributed by atoms with E-state index in [-0.39, 0.29) is 5.91 Å². The number of fused-ring (bicyclic) bond motifs is 1. The van der Waals surface area contributed by atoms with Crippen LogP contribution in [0.5, 0.6) is 17.2 Å². The topological polar surface area (TPSA) is 61.2 Å². The van der Waals surface area contributed by atoms with E-state index in [1.54, 1.807) is 21.3 Å². The fraction of sp³-hybridized carbons (Fsp3) is 0.381. The third-order valence-corrected chi connectivity index (χ3v) is 4.93. The molecule has 0 saturated heterocycles. The zero-order chi connectivity index (χ0) is 19.4. The van der Waals surface area contributed by atoms with Crippen LogP contribution in [0.3, 0.4) is 0 Å². The lowest BCUT2D eigenvalue weighted by molar-refractivity contribution is -0.907. The number of rotatable bonds is 6. The fourth-order valence-electron chi connectivity index (χ4n) is 3.52. The van der Waals surface area contributed by atoms with E-state index >= 15 is 0 Å². The van der Waals surface area contributed by atoms with Crippen molar-refractivity contribution in [3.63, 3.8) is 0 Å². The zero-order valence-electron chi connectivity index (χ0n) is 16.3. The molecule has 0 bridgehead atoms. The molecule has 0 spiro atoms. The summed E-state index contributed by atoms with van der Waals surface area (Å²) in [7, 11) is 4.89. The van der Waals surface area contributed by atoms with Gasteiger partial charge in [-0.25, -0.2) is 0 Å². The van der Waals surface area contributed by atoms with Gasteiger partial charge in [0.15, 0.2) is 18.0 Å². The molecule has 2 aromatic rings. The van der Waals surface area contributed by atoms with Gasteiger partial charge >= 0.3 is 0 Å². The van der Waals surface area contributed by atoms with Crippen LogP contribution in [-0.4, -0.2) is 40.3 Å². The molecule has 6 heteroatoms. The molecule has 6 nitrogen and oxygen atoms in total. The summed E-state index contributed by atoms with van der Waals surface area (Å²) in [5.41, 5.74) is 4.25. The molecular formula is C21H27N2O4+. The van der Waals surface area contributed by atoms with Gasteiger partial charge in [-0.1, -0.05) is 6.07 Å². The summed E-state index contributed by atoms with van der Waals surface area (Å²) in [6, 6.07) is 9.82. The molecule has 0 saturated carbocycles. The lowest BCUT2D eigenvalue weighted by atomic mass is 9.99. The minimum atomic E-state index is -0.0159. The average molecular weight is 371 g/mol. The summed E-state index contributed by atoms with van der Waals surface area (Å²) in [5, 5.41) is 2.98. The summed E-state index contributed by atoms with van der Waals surface area (Å²) in [6.07, 6.45) is 0.909.